The summed E-state index contributed by atoms with van der Waals surface area (Å²) in [5.41, 5.74) is 3.93. The highest BCUT2D eigenvalue weighted by Crippen LogP contribution is 2.50. The van der Waals surface area contributed by atoms with Crippen molar-refractivity contribution < 1.29 is 13.2 Å². The van der Waals surface area contributed by atoms with Crippen LogP contribution in [0.5, 0.6) is 0 Å². The second-order valence-corrected chi connectivity index (χ2v) is 12.0. The third-order valence-corrected chi connectivity index (χ3v) is 8.26. The van der Waals surface area contributed by atoms with Gasteiger partial charge in [0.05, 0.1) is 28.7 Å². The van der Waals surface area contributed by atoms with Crippen molar-refractivity contribution in [2.24, 2.45) is 5.41 Å². The molecule has 6 rings (SSSR count). The third-order valence-electron chi connectivity index (χ3n) is 7.70. The van der Waals surface area contributed by atoms with Crippen molar-refractivity contribution >= 4 is 32.7 Å². The summed E-state index contributed by atoms with van der Waals surface area (Å²) >= 11 is 0. The van der Waals surface area contributed by atoms with Gasteiger partial charge in [-0.05, 0) is 43.9 Å². The number of nitrogens with zero attached hydrogens (tertiary/aromatic N) is 4. The quantitative estimate of drug-likeness (QED) is 0.599. The van der Waals surface area contributed by atoms with E-state index in [0.29, 0.717) is 17.0 Å². The van der Waals surface area contributed by atoms with Gasteiger partial charge in [0.25, 0.3) is 5.91 Å². The van der Waals surface area contributed by atoms with Gasteiger partial charge >= 0.3 is 0 Å². The number of sulfonamides is 1. The number of hydrogen-bond donors (Lipinski definition) is 1. The van der Waals surface area contributed by atoms with Gasteiger partial charge in [-0.15, -0.1) is 0 Å². The van der Waals surface area contributed by atoms with E-state index >= 15 is 0 Å². The maximum Gasteiger partial charge on any atom is 0.283 e. The molecular formula is C25H29N5O3S. The van der Waals surface area contributed by atoms with Crippen molar-refractivity contribution in [3.05, 3.63) is 47.8 Å². The zero-order valence-corrected chi connectivity index (χ0v) is 20.1. The molecule has 3 fully saturated rings. The summed E-state index contributed by atoms with van der Waals surface area (Å²) < 4.78 is 27.4. The highest BCUT2D eigenvalue weighted by molar-refractivity contribution is 7.89. The van der Waals surface area contributed by atoms with Crippen LogP contribution in [0.1, 0.15) is 67.0 Å². The van der Waals surface area contributed by atoms with Crippen LogP contribution >= 0.6 is 0 Å². The van der Waals surface area contributed by atoms with Crippen LogP contribution in [0, 0.1) is 5.41 Å². The molecule has 0 unspecified atom stereocenters. The molecule has 1 saturated heterocycles. The first-order valence-electron chi connectivity index (χ1n) is 12.1. The Kier molecular flexibility index (Phi) is 4.95. The van der Waals surface area contributed by atoms with Crippen molar-refractivity contribution in [1.29, 1.82) is 0 Å². The Morgan fingerprint density at radius 3 is 2.41 bits per heavy atom. The van der Waals surface area contributed by atoms with Gasteiger partial charge in [0, 0.05) is 24.4 Å². The molecule has 0 atom stereocenters. The molecule has 9 heteroatoms. The number of carbonyl (C=O) groups is 1. The van der Waals surface area contributed by atoms with E-state index in [1.54, 1.807) is 6.07 Å². The lowest BCUT2D eigenvalue weighted by Gasteiger charge is -2.50. The van der Waals surface area contributed by atoms with Crippen LogP contribution in [0.2, 0.25) is 0 Å². The van der Waals surface area contributed by atoms with Gasteiger partial charge in [-0.1, -0.05) is 37.5 Å². The van der Waals surface area contributed by atoms with E-state index in [1.165, 1.54) is 32.1 Å². The predicted octanol–water partition coefficient (Wildman–Crippen LogP) is 3.76. The second kappa shape index (κ2) is 7.80. The fourth-order valence-corrected chi connectivity index (χ4v) is 6.24. The molecule has 1 amide bonds. The van der Waals surface area contributed by atoms with Crippen molar-refractivity contribution in [1.82, 2.24) is 19.5 Å². The van der Waals surface area contributed by atoms with E-state index in [9.17, 15) is 13.2 Å². The molecule has 2 saturated carbocycles. The first-order valence-corrected chi connectivity index (χ1v) is 14.0. The third kappa shape index (κ3) is 3.66. The maximum absolute atomic E-state index is 12.9. The molecule has 3 aliphatic rings. The van der Waals surface area contributed by atoms with E-state index in [0.717, 1.165) is 54.6 Å². The van der Waals surface area contributed by atoms with Gasteiger partial charge in [0.1, 0.15) is 5.69 Å². The van der Waals surface area contributed by atoms with Gasteiger partial charge in [-0.25, -0.2) is 22.8 Å². The smallest absolute Gasteiger partial charge is 0.283 e. The summed E-state index contributed by atoms with van der Waals surface area (Å²) in [6.45, 7) is 1.92. The number of fused-ring (bicyclic) bond motifs is 1. The largest absolute Gasteiger partial charge is 0.370 e. The van der Waals surface area contributed by atoms with Gasteiger partial charge < -0.3 is 4.90 Å². The number of aromatic nitrogens is 3. The Morgan fingerprint density at radius 2 is 1.79 bits per heavy atom. The summed E-state index contributed by atoms with van der Waals surface area (Å²) in [4.78, 5) is 19.9. The Hall–Kier alpha value is -2.94. The minimum absolute atomic E-state index is 0.0949. The van der Waals surface area contributed by atoms with Crippen LogP contribution < -0.4 is 9.62 Å². The fourth-order valence-electron chi connectivity index (χ4n) is 5.80. The number of pyridine rings is 1. The summed E-state index contributed by atoms with van der Waals surface area (Å²) in [6.07, 6.45) is 9.42. The summed E-state index contributed by atoms with van der Waals surface area (Å²) in [6, 6.07) is 11.6. The molecule has 8 nitrogen and oxygen atoms in total. The lowest BCUT2D eigenvalue weighted by Crippen LogP contribution is -2.55. The van der Waals surface area contributed by atoms with Crippen molar-refractivity contribution in [2.45, 2.75) is 50.9 Å². The van der Waals surface area contributed by atoms with Crippen LogP contribution in [-0.2, 0) is 10.0 Å². The molecule has 3 heterocycles. The Balaban J connectivity index is 1.54. The molecule has 1 N–H and O–H groups in total. The van der Waals surface area contributed by atoms with Gasteiger partial charge in [-0.3, -0.25) is 4.79 Å². The van der Waals surface area contributed by atoms with Crippen molar-refractivity contribution in [3.8, 4) is 5.69 Å². The second-order valence-electron chi connectivity index (χ2n) is 10.3. The number of hydrogen-bond acceptors (Lipinski definition) is 6. The Bertz CT molecular complexity index is 1360. The fraction of sp³-hybridized carbons (Fsp3) is 0.480. The zero-order valence-electron chi connectivity index (χ0n) is 19.3. The molecule has 0 radical (unpaired) electrons. The van der Waals surface area contributed by atoms with Crippen molar-refractivity contribution in [2.75, 3.05) is 24.2 Å². The maximum atomic E-state index is 12.9. The predicted molar refractivity (Wildman–Crippen MR) is 131 cm³/mol. The Labute approximate surface area is 199 Å². The lowest BCUT2D eigenvalue weighted by molar-refractivity contribution is 0.0977. The highest BCUT2D eigenvalue weighted by Gasteiger charge is 2.46. The Morgan fingerprint density at radius 1 is 1.09 bits per heavy atom. The summed E-state index contributed by atoms with van der Waals surface area (Å²) in [7, 11) is -3.71. The molecule has 1 spiro atoms. The molecule has 0 bridgehead atoms. The average molecular weight is 480 g/mol. The van der Waals surface area contributed by atoms with Crippen LogP contribution in [0.3, 0.4) is 0 Å². The number of nitrogens with one attached hydrogen (secondary N) is 1. The number of rotatable bonds is 5. The van der Waals surface area contributed by atoms with E-state index in [4.69, 9.17) is 5.10 Å². The topological polar surface area (TPSA) is 97.2 Å². The first-order chi connectivity index (χ1) is 16.3. The lowest BCUT2D eigenvalue weighted by atomic mass is 9.77. The standard InChI is InChI=1S/C25H29N5O3S/c1-34(32,33)28-24(31)19-14-20(29-15-25(16-29)12-5-6-13-25)21-22(17-8-7-9-17)27-30(23(21)26-19)18-10-3-2-4-11-18/h2-4,10-11,14,17H,5-9,12-13,15-16H2,1H3,(H,28,31). The van der Waals surface area contributed by atoms with Crippen LogP contribution in [0.25, 0.3) is 16.7 Å². The van der Waals surface area contributed by atoms with Crippen LogP contribution in [-0.4, -0.2) is 48.4 Å². The zero-order chi connectivity index (χ0) is 23.5. The molecule has 2 aliphatic carbocycles. The van der Waals surface area contributed by atoms with E-state index < -0.39 is 15.9 Å². The molecule has 1 aromatic carbocycles. The number of amides is 1. The number of anilines is 1. The summed E-state index contributed by atoms with van der Waals surface area (Å²) in [5.74, 6) is -0.335. The molecule has 1 aliphatic heterocycles. The number of carbonyl (C=O) groups excluding carboxylic acids is 1. The highest BCUT2D eigenvalue weighted by atomic mass is 32.2. The van der Waals surface area contributed by atoms with E-state index in [2.05, 4.69) is 14.6 Å². The molecule has 34 heavy (non-hydrogen) atoms. The molecule has 2 aromatic heterocycles. The minimum Gasteiger partial charge on any atom is -0.370 e. The van der Waals surface area contributed by atoms with E-state index in [-0.39, 0.29) is 5.69 Å². The van der Waals surface area contributed by atoms with Crippen LogP contribution in [0.4, 0.5) is 5.69 Å². The van der Waals surface area contributed by atoms with E-state index in [1.807, 2.05) is 35.0 Å². The molecule has 3 aromatic rings. The number of benzene rings is 1. The number of para-hydroxylation sites is 1. The molecular weight excluding hydrogens is 450 g/mol. The minimum atomic E-state index is -3.71. The first kappa shape index (κ1) is 21.6. The van der Waals surface area contributed by atoms with Gasteiger partial charge in [-0.2, -0.15) is 5.10 Å². The average Bonchev–Trinajstić information content (AvgIpc) is 3.36. The SMILES string of the molecule is CS(=O)(=O)NC(=O)c1cc(N2CC3(CCCC3)C2)c2c(C3CCC3)nn(-c3ccccc3)c2n1. The van der Waals surface area contributed by atoms with Gasteiger partial charge in [0.15, 0.2) is 5.65 Å². The summed E-state index contributed by atoms with van der Waals surface area (Å²) in [5, 5.41) is 6.02. The van der Waals surface area contributed by atoms with Gasteiger partial charge in [0.2, 0.25) is 10.0 Å². The monoisotopic (exact) mass is 479 g/mol. The normalized spacial score (nSPS) is 19.9. The van der Waals surface area contributed by atoms with Crippen LogP contribution in [0.15, 0.2) is 36.4 Å². The molecule has 178 valence electrons. The van der Waals surface area contributed by atoms with Crippen molar-refractivity contribution in [3.63, 3.8) is 0 Å².